The average Bonchev–Trinajstić information content (AvgIpc) is 2.33. The molecular weight excluding hydrogens is 212 g/mol. The summed E-state index contributed by atoms with van der Waals surface area (Å²) in [4.78, 5) is 2.40. The van der Waals surface area contributed by atoms with Crippen LogP contribution in [-0.2, 0) is 0 Å². The standard InChI is InChI=1S/C14H24N2O/c1-4-16(5-2)11-10-12(3)17-14-9-7-6-8-13(14)15/h6-9,12H,4-5,10-11,15H2,1-3H3. The molecule has 1 aromatic carbocycles. The first kappa shape index (κ1) is 13.8. The van der Waals surface area contributed by atoms with E-state index in [1.807, 2.05) is 24.3 Å². The Balaban J connectivity index is 2.39. The molecule has 17 heavy (non-hydrogen) atoms. The Morgan fingerprint density at radius 2 is 1.88 bits per heavy atom. The summed E-state index contributed by atoms with van der Waals surface area (Å²) in [5.74, 6) is 0.791. The van der Waals surface area contributed by atoms with Crippen molar-refractivity contribution < 1.29 is 4.74 Å². The minimum Gasteiger partial charge on any atom is -0.489 e. The van der Waals surface area contributed by atoms with Gasteiger partial charge in [0.2, 0.25) is 0 Å². The van der Waals surface area contributed by atoms with Crippen LogP contribution in [0.2, 0.25) is 0 Å². The highest BCUT2D eigenvalue weighted by Gasteiger charge is 2.08. The SMILES string of the molecule is CCN(CC)CCC(C)Oc1ccccc1N. The van der Waals surface area contributed by atoms with Crippen LogP contribution in [0.15, 0.2) is 24.3 Å². The zero-order chi connectivity index (χ0) is 12.7. The molecule has 0 aliphatic heterocycles. The smallest absolute Gasteiger partial charge is 0.142 e. The third-order valence-corrected chi connectivity index (χ3v) is 2.99. The fraction of sp³-hybridized carbons (Fsp3) is 0.571. The molecule has 0 saturated heterocycles. The number of hydrogen-bond acceptors (Lipinski definition) is 3. The van der Waals surface area contributed by atoms with Crippen LogP contribution in [0.4, 0.5) is 5.69 Å². The van der Waals surface area contributed by atoms with Gasteiger partial charge in [0.25, 0.3) is 0 Å². The molecule has 1 rings (SSSR count). The largest absolute Gasteiger partial charge is 0.489 e. The summed E-state index contributed by atoms with van der Waals surface area (Å²) in [7, 11) is 0. The predicted molar refractivity (Wildman–Crippen MR) is 73.3 cm³/mol. The van der Waals surface area contributed by atoms with Crippen molar-refractivity contribution in [3.63, 3.8) is 0 Å². The third-order valence-electron chi connectivity index (χ3n) is 2.99. The van der Waals surface area contributed by atoms with Crippen molar-refractivity contribution in [2.24, 2.45) is 0 Å². The van der Waals surface area contributed by atoms with Crippen molar-refractivity contribution in [3.05, 3.63) is 24.3 Å². The van der Waals surface area contributed by atoms with Crippen LogP contribution in [-0.4, -0.2) is 30.6 Å². The molecule has 1 aromatic rings. The maximum atomic E-state index is 5.84. The van der Waals surface area contributed by atoms with Gasteiger partial charge in [-0.15, -0.1) is 0 Å². The van der Waals surface area contributed by atoms with Gasteiger partial charge in [-0.1, -0.05) is 26.0 Å². The van der Waals surface area contributed by atoms with Gasteiger partial charge < -0.3 is 15.4 Å². The van der Waals surface area contributed by atoms with Gasteiger partial charge in [0.05, 0.1) is 11.8 Å². The van der Waals surface area contributed by atoms with Crippen LogP contribution < -0.4 is 10.5 Å². The fourth-order valence-corrected chi connectivity index (χ4v) is 1.77. The second-order valence-corrected chi connectivity index (χ2v) is 4.28. The Morgan fingerprint density at radius 1 is 1.24 bits per heavy atom. The van der Waals surface area contributed by atoms with E-state index in [0.717, 1.165) is 31.8 Å². The van der Waals surface area contributed by atoms with E-state index >= 15 is 0 Å². The molecule has 0 heterocycles. The second kappa shape index (κ2) is 7.17. The van der Waals surface area contributed by atoms with Crippen LogP contribution in [0.25, 0.3) is 0 Å². The molecular formula is C14H24N2O. The molecule has 0 saturated carbocycles. The highest BCUT2D eigenvalue weighted by Crippen LogP contribution is 2.21. The van der Waals surface area contributed by atoms with Gasteiger partial charge in [-0.25, -0.2) is 0 Å². The van der Waals surface area contributed by atoms with Crippen LogP contribution in [0, 0.1) is 0 Å². The van der Waals surface area contributed by atoms with E-state index in [1.165, 1.54) is 0 Å². The molecule has 0 fully saturated rings. The number of nitrogen functional groups attached to an aromatic ring is 1. The summed E-state index contributed by atoms with van der Waals surface area (Å²) in [6.45, 7) is 9.72. The van der Waals surface area contributed by atoms with Crippen molar-refractivity contribution in [1.29, 1.82) is 0 Å². The quantitative estimate of drug-likeness (QED) is 0.740. The van der Waals surface area contributed by atoms with E-state index in [-0.39, 0.29) is 6.10 Å². The molecule has 0 amide bonds. The molecule has 0 spiro atoms. The number of ether oxygens (including phenoxy) is 1. The lowest BCUT2D eigenvalue weighted by Crippen LogP contribution is -2.27. The molecule has 0 radical (unpaired) electrons. The molecule has 3 nitrogen and oxygen atoms in total. The summed E-state index contributed by atoms with van der Waals surface area (Å²) >= 11 is 0. The lowest BCUT2D eigenvalue weighted by molar-refractivity contribution is 0.182. The zero-order valence-corrected chi connectivity index (χ0v) is 11.1. The Labute approximate surface area is 105 Å². The number of anilines is 1. The van der Waals surface area contributed by atoms with Gasteiger partial charge in [-0.3, -0.25) is 0 Å². The molecule has 0 aliphatic carbocycles. The maximum Gasteiger partial charge on any atom is 0.142 e. The monoisotopic (exact) mass is 236 g/mol. The van der Waals surface area contributed by atoms with Crippen molar-refractivity contribution >= 4 is 5.69 Å². The second-order valence-electron chi connectivity index (χ2n) is 4.28. The topological polar surface area (TPSA) is 38.5 Å². The predicted octanol–water partition coefficient (Wildman–Crippen LogP) is 2.77. The van der Waals surface area contributed by atoms with Gasteiger partial charge in [0.1, 0.15) is 5.75 Å². The lowest BCUT2D eigenvalue weighted by atomic mass is 10.2. The van der Waals surface area contributed by atoms with Crippen LogP contribution in [0.3, 0.4) is 0 Å². The lowest BCUT2D eigenvalue weighted by Gasteiger charge is -2.21. The molecule has 0 bridgehead atoms. The zero-order valence-electron chi connectivity index (χ0n) is 11.1. The number of benzene rings is 1. The first-order chi connectivity index (χ1) is 8.17. The normalized spacial score (nSPS) is 12.7. The van der Waals surface area contributed by atoms with Crippen LogP contribution in [0.1, 0.15) is 27.2 Å². The van der Waals surface area contributed by atoms with Gasteiger partial charge in [0.15, 0.2) is 0 Å². The van der Waals surface area contributed by atoms with Gasteiger partial charge in [0, 0.05) is 6.54 Å². The average molecular weight is 236 g/mol. The molecule has 96 valence electrons. The fourth-order valence-electron chi connectivity index (χ4n) is 1.77. The Morgan fingerprint density at radius 3 is 2.47 bits per heavy atom. The van der Waals surface area contributed by atoms with E-state index < -0.39 is 0 Å². The van der Waals surface area contributed by atoms with Crippen LogP contribution >= 0.6 is 0 Å². The van der Waals surface area contributed by atoms with E-state index in [9.17, 15) is 0 Å². The highest BCUT2D eigenvalue weighted by molar-refractivity contribution is 5.51. The summed E-state index contributed by atoms with van der Waals surface area (Å²) in [5, 5.41) is 0. The minimum atomic E-state index is 0.195. The van der Waals surface area contributed by atoms with Gasteiger partial charge >= 0.3 is 0 Å². The number of rotatable bonds is 7. The number of nitrogens with two attached hydrogens (primary N) is 1. The highest BCUT2D eigenvalue weighted by atomic mass is 16.5. The molecule has 0 aromatic heterocycles. The third kappa shape index (κ3) is 4.65. The molecule has 1 unspecified atom stereocenters. The molecule has 2 N–H and O–H groups in total. The molecule has 0 aliphatic rings. The van der Waals surface area contributed by atoms with Crippen molar-refractivity contribution in [3.8, 4) is 5.75 Å². The summed E-state index contributed by atoms with van der Waals surface area (Å²) in [6, 6.07) is 7.65. The summed E-state index contributed by atoms with van der Waals surface area (Å²) in [6.07, 6.45) is 1.22. The molecule has 3 heteroatoms. The van der Waals surface area contributed by atoms with Crippen molar-refractivity contribution in [2.45, 2.75) is 33.3 Å². The Bertz CT molecular complexity index is 324. The molecule has 1 atom stereocenters. The van der Waals surface area contributed by atoms with Crippen molar-refractivity contribution in [2.75, 3.05) is 25.4 Å². The summed E-state index contributed by atoms with van der Waals surface area (Å²) < 4.78 is 5.83. The Kier molecular flexibility index (Phi) is 5.84. The van der Waals surface area contributed by atoms with Gasteiger partial charge in [-0.05, 0) is 38.6 Å². The minimum absolute atomic E-state index is 0.195. The van der Waals surface area contributed by atoms with Crippen LogP contribution in [0.5, 0.6) is 5.75 Å². The number of hydrogen-bond donors (Lipinski definition) is 1. The first-order valence-electron chi connectivity index (χ1n) is 6.40. The summed E-state index contributed by atoms with van der Waals surface area (Å²) in [5.41, 5.74) is 6.55. The van der Waals surface area contributed by atoms with E-state index in [2.05, 4.69) is 25.7 Å². The van der Waals surface area contributed by atoms with Gasteiger partial charge in [-0.2, -0.15) is 0 Å². The maximum absolute atomic E-state index is 5.84. The van der Waals surface area contributed by atoms with E-state index in [4.69, 9.17) is 10.5 Å². The Hall–Kier alpha value is -1.22. The van der Waals surface area contributed by atoms with E-state index in [1.54, 1.807) is 0 Å². The number of nitrogens with zero attached hydrogens (tertiary/aromatic N) is 1. The van der Waals surface area contributed by atoms with Crippen molar-refractivity contribution in [1.82, 2.24) is 4.90 Å². The van der Waals surface area contributed by atoms with E-state index in [0.29, 0.717) is 5.69 Å². The number of para-hydroxylation sites is 2. The first-order valence-corrected chi connectivity index (χ1v) is 6.40.